The van der Waals surface area contributed by atoms with Gasteiger partial charge < -0.3 is 0 Å². The molecule has 2 aliphatic rings. The fourth-order valence-corrected chi connectivity index (χ4v) is 4.17. The highest BCUT2D eigenvalue weighted by Gasteiger charge is 2.52. The molecule has 4 atom stereocenters. The van der Waals surface area contributed by atoms with E-state index in [9.17, 15) is 0 Å². The Morgan fingerprint density at radius 3 is 2.50 bits per heavy atom. The minimum Gasteiger partial charge on any atom is -0.0651 e. The Hall–Kier alpha value is 0. The van der Waals surface area contributed by atoms with Gasteiger partial charge in [-0.2, -0.15) is 0 Å². The molecule has 2 aliphatic carbocycles. The second-order valence-electron chi connectivity index (χ2n) is 5.14. The first kappa shape index (κ1) is 8.59. The summed E-state index contributed by atoms with van der Waals surface area (Å²) in [6.07, 6.45) is 7.46. The van der Waals surface area contributed by atoms with Crippen molar-refractivity contribution < 1.29 is 0 Å². The number of hydrogen-bond acceptors (Lipinski definition) is 0. The number of rotatable bonds is 2. The summed E-state index contributed by atoms with van der Waals surface area (Å²) in [5.41, 5.74) is 0.720. The molecule has 4 unspecified atom stereocenters. The van der Waals surface area contributed by atoms with Crippen LogP contribution in [0.25, 0.3) is 0 Å². The first-order chi connectivity index (χ1) is 5.72. The van der Waals surface area contributed by atoms with Crippen LogP contribution in [-0.4, -0.2) is 0 Å². The molecule has 0 heterocycles. The summed E-state index contributed by atoms with van der Waals surface area (Å²) >= 11 is 0. The van der Waals surface area contributed by atoms with E-state index in [2.05, 4.69) is 20.8 Å². The second kappa shape index (κ2) is 2.75. The van der Waals surface area contributed by atoms with Crippen LogP contribution in [-0.2, 0) is 0 Å². The summed E-state index contributed by atoms with van der Waals surface area (Å²) in [5, 5.41) is 0. The van der Waals surface area contributed by atoms with Crippen molar-refractivity contribution in [2.75, 3.05) is 0 Å². The van der Waals surface area contributed by atoms with Crippen LogP contribution >= 0.6 is 0 Å². The zero-order valence-electron chi connectivity index (χ0n) is 8.77. The van der Waals surface area contributed by atoms with Gasteiger partial charge in [-0.15, -0.1) is 0 Å². The molecule has 0 aromatic heterocycles. The van der Waals surface area contributed by atoms with E-state index in [1.165, 1.54) is 19.3 Å². The summed E-state index contributed by atoms with van der Waals surface area (Å²) in [6.45, 7) is 7.33. The van der Waals surface area contributed by atoms with Gasteiger partial charge in [-0.25, -0.2) is 0 Å². The Balaban J connectivity index is 2.21. The maximum absolute atomic E-state index is 2.55. The monoisotopic (exact) mass is 166 g/mol. The summed E-state index contributed by atoms with van der Waals surface area (Å²) in [7, 11) is 0. The van der Waals surface area contributed by atoms with Crippen molar-refractivity contribution in [2.45, 2.75) is 52.9 Å². The van der Waals surface area contributed by atoms with Crippen LogP contribution in [0.4, 0.5) is 0 Å². The molecule has 0 N–H and O–H groups in total. The molecule has 12 heavy (non-hydrogen) atoms. The van der Waals surface area contributed by atoms with E-state index in [-0.39, 0.29) is 0 Å². The Morgan fingerprint density at radius 2 is 2.00 bits per heavy atom. The normalized spacial score (nSPS) is 51.8. The summed E-state index contributed by atoms with van der Waals surface area (Å²) in [4.78, 5) is 0. The first-order valence-electron chi connectivity index (χ1n) is 5.72. The van der Waals surface area contributed by atoms with E-state index in [1.54, 1.807) is 12.8 Å². The van der Waals surface area contributed by atoms with E-state index in [1.807, 2.05) is 0 Å². The number of fused-ring (bicyclic) bond motifs is 2. The lowest BCUT2D eigenvalue weighted by atomic mass is 9.65. The maximum Gasteiger partial charge on any atom is -0.0269 e. The van der Waals surface area contributed by atoms with Crippen molar-refractivity contribution in [1.29, 1.82) is 0 Å². The molecule has 70 valence electrons. The molecule has 2 fully saturated rings. The van der Waals surface area contributed by atoms with Gasteiger partial charge in [0.1, 0.15) is 0 Å². The lowest BCUT2D eigenvalue weighted by Crippen LogP contribution is -2.32. The average molecular weight is 166 g/mol. The van der Waals surface area contributed by atoms with Gasteiger partial charge in [0, 0.05) is 0 Å². The van der Waals surface area contributed by atoms with Gasteiger partial charge in [0.2, 0.25) is 0 Å². The molecular weight excluding hydrogens is 144 g/mol. The van der Waals surface area contributed by atoms with Crippen LogP contribution in [0.3, 0.4) is 0 Å². The zero-order valence-corrected chi connectivity index (χ0v) is 8.77. The van der Waals surface area contributed by atoms with Gasteiger partial charge in [-0.3, -0.25) is 0 Å². The molecule has 0 saturated heterocycles. The van der Waals surface area contributed by atoms with Gasteiger partial charge in [0.05, 0.1) is 0 Å². The van der Waals surface area contributed by atoms with Gasteiger partial charge >= 0.3 is 0 Å². The molecule has 0 aliphatic heterocycles. The molecule has 2 saturated carbocycles. The van der Waals surface area contributed by atoms with E-state index in [0.717, 1.165) is 23.2 Å². The van der Waals surface area contributed by atoms with Crippen molar-refractivity contribution >= 4 is 0 Å². The molecule has 0 aromatic carbocycles. The average Bonchev–Trinajstić information content (AvgIpc) is 2.63. The summed E-state index contributed by atoms with van der Waals surface area (Å²) < 4.78 is 0. The predicted octanol–water partition coefficient (Wildman–Crippen LogP) is 3.86. The van der Waals surface area contributed by atoms with Crippen LogP contribution < -0.4 is 0 Å². The van der Waals surface area contributed by atoms with Crippen molar-refractivity contribution in [1.82, 2.24) is 0 Å². The van der Waals surface area contributed by atoms with Crippen molar-refractivity contribution in [3.05, 3.63) is 0 Å². The van der Waals surface area contributed by atoms with Gasteiger partial charge in [-0.1, -0.05) is 33.6 Å². The third kappa shape index (κ3) is 0.900. The van der Waals surface area contributed by atoms with Crippen LogP contribution in [0.15, 0.2) is 0 Å². The Labute approximate surface area is 76.7 Å². The highest BCUT2D eigenvalue weighted by molar-refractivity contribution is 5.02. The van der Waals surface area contributed by atoms with Crippen LogP contribution in [0.1, 0.15) is 52.9 Å². The van der Waals surface area contributed by atoms with Gasteiger partial charge in [0.25, 0.3) is 0 Å². The maximum atomic E-state index is 2.55. The van der Waals surface area contributed by atoms with E-state index in [4.69, 9.17) is 0 Å². The lowest BCUT2D eigenvalue weighted by Gasteiger charge is -2.40. The largest absolute Gasteiger partial charge is 0.0651 e. The van der Waals surface area contributed by atoms with Crippen molar-refractivity contribution in [3.63, 3.8) is 0 Å². The van der Waals surface area contributed by atoms with Crippen LogP contribution in [0.5, 0.6) is 0 Å². The Kier molecular flexibility index (Phi) is 1.97. The molecule has 0 spiro atoms. The quantitative estimate of drug-likeness (QED) is 0.584. The smallest absolute Gasteiger partial charge is 0.0269 e. The van der Waals surface area contributed by atoms with Gasteiger partial charge in [0.15, 0.2) is 0 Å². The molecule has 0 amide bonds. The highest BCUT2D eigenvalue weighted by Crippen LogP contribution is 2.61. The molecule has 0 heteroatoms. The Morgan fingerprint density at radius 1 is 1.25 bits per heavy atom. The third-order valence-corrected chi connectivity index (χ3v) is 5.02. The fourth-order valence-electron chi connectivity index (χ4n) is 4.17. The standard InChI is InChI=1S/C12H22/c1-4-11-9-6-7-10(8-9)12(11,3)5-2/h9-11H,4-8H2,1-3H3. The zero-order chi connectivity index (χ0) is 8.77. The topological polar surface area (TPSA) is 0 Å². The van der Waals surface area contributed by atoms with Crippen LogP contribution in [0.2, 0.25) is 0 Å². The minimum absolute atomic E-state index is 0.720. The van der Waals surface area contributed by atoms with Crippen LogP contribution in [0, 0.1) is 23.2 Å². The summed E-state index contributed by atoms with van der Waals surface area (Å²) in [5.74, 6) is 3.24. The van der Waals surface area contributed by atoms with Crippen molar-refractivity contribution in [2.24, 2.45) is 23.2 Å². The molecule has 2 rings (SSSR count). The second-order valence-corrected chi connectivity index (χ2v) is 5.14. The molecule has 0 radical (unpaired) electrons. The molecule has 2 bridgehead atoms. The van der Waals surface area contributed by atoms with E-state index >= 15 is 0 Å². The first-order valence-corrected chi connectivity index (χ1v) is 5.72. The minimum atomic E-state index is 0.720. The predicted molar refractivity (Wildman–Crippen MR) is 53.0 cm³/mol. The fraction of sp³-hybridized carbons (Fsp3) is 1.00. The van der Waals surface area contributed by atoms with Gasteiger partial charge in [-0.05, 0) is 42.4 Å². The third-order valence-electron chi connectivity index (χ3n) is 5.02. The molecular formula is C12H22. The lowest BCUT2D eigenvalue weighted by molar-refractivity contribution is 0.0915. The Bertz CT molecular complexity index is 173. The van der Waals surface area contributed by atoms with Crippen molar-refractivity contribution in [3.8, 4) is 0 Å². The molecule has 0 nitrogen and oxygen atoms in total. The molecule has 0 aromatic rings. The number of hydrogen-bond donors (Lipinski definition) is 0. The van der Waals surface area contributed by atoms with E-state index in [0.29, 0.717) is 0 Å². The SMILES string of the molecule is CCC1C2CCC(C2)C1(C)CC. The van der Waals surface area contributed by atoms with E-state index < -0.39 is 0 Å². The summed E-state index contributed by atoms with van der Waals surface area (Å²) in [6, 6.07) is 0. The highest BCUT2D eigenvalue weighted by atomic mass is 14.6.